The van der Waals surface area contributed by atoms with Crippen LogP contribution in [0, 0.1) is 14.1 Å². The number of halogens is 1. The molecule has 2 aromatic heterocycles. The normalized spacial score (nSPS) is 11.6. The van der Waals surface area contributed by atoms with Crippen LogP contribution in [0.2, 0.25) is 0 Å². The van der Waals surface area contributed by atoms with E-state index in [0.717, 1.165) is 12.7 Å². The van der Waals surface area contributed by atoms with E-state index in [1.54, 1.807) is 36.4 Å². The molecule has 7 nitrogen and oxygen atoms in total. The van der Waals surface area contributed by atoms with E-state index in [4.69, 9.17) is 8.83 Å². The molecule has 2 heterocycles. The van der Waals surface area contributed by atoms with E-state index in [1.165, 1.54) is 12.1 Å². The molecule has 0 fully saturated rings. The molecule has 0 bridgehead atoms. The van der Waals surface area contributed by atoms with Crippen LogP contribution in [0.3, 0.4) is 0 Å². The SMILES string of the molecule is Cc1ccc(S(=O)(=O)[O-])cc1.O=c1c2ccccc2oc2ccc([I+]c3ccc4oc5ccccc5c(=O)c4c3)cc12. The Morgan fingerprint density at radius 3 is 1.45 bits per heavy atom. The van der Waals surface area contributed by atoms with E-state index in [2.05, 4.69) is 0 Å². The number of benzene rings is 5. The lowest BCUT2D eigenvalue weighted by Crippen LogP contribution is -3.61. The average Bonchev–Trinajstić information content (AvgIpc) is 2.98. The minimum absolute atomic E-state index is 0.0201. The number of rotatable bonds is 3. The first-order valence-corrected chi connectivity index (χ1v) is 16.3. The summed E-state index contributed by atoms with van der Waals surface area (Å²) in [5.74, 6) is 0. The van der Waals surface area contributed by atoms with Crippen LogP contribution in [0.25, 0.3) is 43.9 Å². The number of hydrogen-bond donors (Lipinski definition) is 0. The Kier molecular flexibility index (Phi) is 7.40. The van der Waals surface area contributed by atoms with E-state index in [9.17, 15) is 22.6 Å². The minimum atomic E-state index is -4.27. The summed E-state index contributed by atoms with van der Waals surface area (Å²) >= 11 is -0.596. The van der Waals surface area contributed by atoms with Gasteiger partial charge in [-0.15, -0.1) is 0 Å². The van der Waals surface area contributed by atoms with E-state index in [-0.39, 0.29) is 15.8 Å². The summed E-state index contributed by atoms with van der Waals surface area (Å²) in [4.78, 5) is 25.7. The van der Waals surface area contributed by atoms with Crippen LogP contribution in [-0.4, -0.2) is 13.0 Å². The topological polar surface area (TPSA) is 118 Å². The summed E-state index contributed by atoms with van der Waals surface area (Å²) < 4.78 is 45.1. The van der Waals surface area contributed by atoms with E-state index in [0.29, 0.717) is 43.9 Å². The van der Waals surface area contributed by atoms with Crippen molar-refractivity contribution in [3.63, 3.8) is 0 Å². The van der Waals surface area contributed by atoms with Crippen molar-refractivity contribution in [3.05, 3.63) is 142 Å². The predicted octanol–water partition coefficient (Wildman–Crippen LogP) is 3.23. The number of fused-ring (bicyclic) bond motifs is 4. The van der Waals surface area contributed by atoms with Crippen molar-refractivity contribution in [2.45, 2.75) is 11.8 Å². The third-order valence-electron chi connectivity index (χ3n) is 6.60. The maximum atomic E-state index is 12.9. The molecule has 0 saturated carbocycles. The highest BCUT2D eigenvalue weighted by atomic mass is 127. The fraction of sp³-hybridized carbons (Fsp3) is 0.0303. The van der Waals surface area contributed by atoms with Gasteiger partial charge in [-0.05, 0) is 67.6 Å². The molecule has 0 unspecified atom stereocenters. The second-order valence-electron chi connectivity index (χ2n) is 9.50. The smallest absolute Gasteiger partial charge is 0.357 e. The molecule has 0 N–H and O–H groups in total. The lowest BCUT2D eigenvalue weighted by atomic mass is 10.1. The average molecular weight is 688 g/mol. The second-order valence-corrected chi connectivity index (χ2v) is 13.9. The van der Waals surface area contributed by atoms with Crippen LogP contribution in [0.4, 0.5) is 0 Å². The van der Waals surface area contributed by atoms with Gasteiger partial charge in [-0.25, -0.2) is 8.42 Å². The zero-order valence-corrected chi connectivity index (χ0v) is 25.0. The van der Waals surface area contributed by atoms with Crippen LogP contribution in [0.5, 0.6) is 0 Å². The molecule has 5 aromatic carbocycles. The third-order valence-corrected chi connectivity index (χ3v) is 10.0. The van der Waals surface area contributed by atoms with Gasteiger partial charge in [-0.3, -0.25) is 9.59 Å². The van der Waals surface area contributed by atoms with Gasteiger partial charge in [-0.1, -0.05) is 42.0 Å². The highest BCUT2D eigenvalue weighted by Crippen LogP contribution is 2.19. The van der Waals surface area contributed by atoms with Crippen LogP contribution >= 0.6 is 0 Å². The molecular formula is C33H21IO7S. The van der Waals surface area contributed by atoms with Gasteiger partial charge >= 0.3 is 21.2 Å². The van der Waals surface area contributed by atoms with Crippen molar-refractivity contribution in [1.29, 1.82) is 0 Å². The van der Waals surface area contributed by atoms with Crippen molar-refractivity contribution in [1.82, 2.24) is 0 Å². The zero-order chi connectivity index (χ0) is 29.4. The maximum Gasteiger partial charge on any atom is 0.357 e. The largest absolute Gasteiger partial charge is 0.744 e. The van der Waals surface area contributed by atoms with Gasteiger partial charge in [0.2, 0.25) is 10.9 Å². The Hall–Kier alpha value is -4.32. The first-order chi connectivity index (χ1) is 20.2. The van der Waals surface area contributed by atoms with Gasteiger partial charge in [0.1, 0.15) is 32.5 Å². The maximum absolute atomic E-state index is 12.9. The van der Waals surface area contributed by atoms with Gasteiger partial charge < -0.3 is 13.4 Å². The third kappa shape index (κ3) is 5.58. The monoisotopic (exact) mass is 688 g/mol. The quantitative estimate of drug-likeness (QED) is 0.159. The summed E-state index contributed by atoms with van der Waals surface area (Å²) in [6, 6.07) is 31.9. The fourth-order valence-corrected chi connectivity index (χ4v) is 7.34. The first kappa shape index (κ1) is 27.8. The Morgan fingerprint density at radius 2 is 1.00 bits per heavy atom. The van der Waals surface area contributed by atoms with Gasteiger partial charge in [-0.2, -0.15) is 0 Å². The molecule has 7 rings (SSSR count). The van der Waals surface area contributed by atoms with Crippen LogP contribution in [0.15, 0.2) is 133 Å². The second kappa shape index (κ2) is 11.2. The lowest BCUT2D eigenvalue weighted by molar-refractivity contribution is -0.597. The summed E-state index contributed by atoms with van der Waals surface area (Å²) in [6.07, 6.45) is 0. The minimum Gasteiger partial charge on any atom is -0.744 e. The van der Waals surface area contributed by atoms with Crippen LogP contribution in [0.1, 0.15) is 5.56 Å². The van der Waals surface area contributed by atoms with Gasteiger partial charge in [0.25, 0.3) is 0 Å². The van der Waals surface area contributed by atoms with Crippen molar-refractivity contribution >= 4 is 54.0 Å². The van der Waals surface area contributed by atoms with Crippen LogP contribution in [-0.2, 0) is 10.1 Å². The Balaban J connectivity index is 0.000000244. The van der Waals surface area contributed by atoms with Crippen molar-refractivity contribution in [2.24, 2.45) is 0 Å². The summed E-state index contributed by atoms with van der Waals surface area (Å²) in [5, 5.41) is 2.34. The molecule has 42 heavy (non-hydrogen) atoms. The molecule has 0 atom stereocenters. The Labute approximate surface area is 250 Å². The van der Waals surface area contributed by atoms with Crippen LogP contribution < -0.4 is 32.1 Å². The van der Waals surface area contributed by atoms with Gasteiger partial charge in [0.05, 0.1) is 26.4 Å². The molecule has 7 aromatic rings. The standard InChI is InChI=1S/C26H14IO4.C7H8O3S/c28-25-17-5-1-3-7-21(17)30-23-11-9-15(13-19(23)25)27-16-10-12-24-20(14-16)26(29)18-6-2-4-8-22(18)31-24;1-6-2-4-7(5-3-6)11(8,9)10/h1-14H;2-5H,1H3,(H,8,9,10)/q+1;/p-1. The summed E-state index contributed by atoms with van der Waals surface area (Å²) in [5.41, 5.74) is 3.25. The number of aryl methyl sites for hydroxylation is 1. The zero-order valence-electron chi connectivity index (χ0n) is 22.0. The highest BCUT2D eigenvalue weighted by Gasteiger charge is 2.20. The molecule has 0 aliphatic carbocycles. The molecule has 0 aliphatic rings. The molecule has 0 spiro atoms. The molecule has 208 valence electrons. The molecule has 0 saturated heterocycles. The lowest BCUT2D eigenvalue weighted by Gasteiger charge is -2.05. The van der Waals surface area contributed by atoms with E-state index >= 15 is 0 Å². The van der Waals surface area contributed by atoms with Gasteiger partial charge in [0, 0.05) is 12.1 Å². The summed E-state index contributed by atoms with van der Waals surface area (Å²) in [6.45, 7) is 1.82. The molecule has 9 heteroatoms. The van der Waals surface area contributed by atoms with Crippen molar-refractivity contribution < 1.29 is 43.0 Å². The predicted molar refractivity (Wildman–Crippen MR) is 157 cm³/mol. The van der Waals surface area contributed by atoms with Crippen molar-refractivity contribution in [2.75, 3.05) is 0 Å². The van der Waals surface area contributed by atoms with Crippen molar-refractivity contribution in [3.8, 4) is 0 Å². The Morgan fingerprint density at radius 1 is 0.571 bits per heavy atom. The fourth-order valence-electron chi connectivity index (χ4n) is 4.50. The summed E-state index contributed by atoms with van der Waals surface area (Å²) in [7, 11) is -4.27. The first-order valence-electron chi connectivity index (χ1n) is 12.8. The molecule has 0 aliphatic heterocycles. The van der Waals surface area contributed by atoms with Gasteiger partial charge in [0.15, 0.2) is 7.14 Å². The Bertz CT molecular complexity index is 2230. The number of para-hydroxylation sites is 2. The molecule has 0 amide bonds. The van der Waals surface area contributed by atoms with E-state index < -0.39 is 31.3 Å². The highest BCUT2D eigenvalue weighted by molar-refractivity contribution is 7.85. The van der Waals surface area contributed by atoms with E-state index in [1.807, 2.05) is 67.6 Å². The molecule has 0 radical (unpaired) electrons. The number of hydrogen-bond acceptors (Lipinski definition) is 7. The molecular weight excluding hydrogens is 667 g/mol.